The van der Waals surface area contributed by atoms with Crippen molar-refractivity contribution in [3.8, 4) is 0 Å². The van der Waals surface area contributed by atoms with Gasteiger partial charge in [0.25, 0.3) is 0 Å². The van der Waals surface area contributed by atoms with Crippen LogP contribution in [-0.4, -0.2) is 55.3 Å². The Kier molecular flexibility index (Phi) is 7.19. The van der Waals surface area contributed by atoms with Gasteiger partial charge in [-0.25, -0.2) is 0 Å². The van der Waals surface area contributed by atoms with Crippen LogP contribution < -0.4 is 5.32 Å². The van der Waals surface area contributed by atoms with Crippen LogP contribution in [0.1, 0.15) is 13.3 Å². The highest BCUT2D eigenvalue weighted by Crippen LogP contribution is 2.13. The summed E-state index contributed by atoms with van der Waals surface area (Å²) in [6.07, 6.45) is 0.884. The van der Waals surface area contributed by atoms with Crippen LogP contribution in [0.2, 0.25) is 5.02 Å². The molecule has 0 bridgehead atoms. The Bertz CT molecular complexity index is 474. The molecule has 1 rings (SSSR count). The molecule has 0 fully saturated rings. The van der Waals surface area contributed by atoms with Crippen molar-refractivity contribution >= 4 is 29.1 Å². The number of amides is 2. The lowest BCUT2D eigenvalue weighted by Crippen LogP contribution is -2.41. The van der Waals surface area contributed by atoms with Crippen molar-refractivity contribution in [2.75, 3.05) is 39.0 Å². The minimum Gasteiger partial charge on any atom is -0.348 e. The number of carbonyl (C=O) groups is 2. The third kappa shape index (κ3) is 6.60. The van der Waals surface area contributed by atoms with Gasteiger partial charge in [-0.3, -0.25) is 14.5 Å². The summed E-state index contributed by atoms with van der Waals surface area (Å²) in [5.74, 6) is -0.153. The third-order valence-electron chi connectivity index (χ3n) is 2.89. The van der Waals surface area contributed by atoms with E-state index < -0.39 is 0 Å². The molecule has 0 atom stereocenters. The second kappa shape index (κ2) is 8.64. The van der Waals surface area contributed by atoms with Crippen molar-refractivity contribution in [2.45, 2.75) is 13.3 Å². The zero-order chi connectivity index (χ0) is 15.8. The Balaban J connectivity index is 2.55. The summed E-state index contributed by atoms with van der Waals surface area (Å²) < 4.78 is 0. The minimum absolute atomic E-state index is 0.0113. The second-order valence-corrected chi connectivity index (χ2v) is 5.49. The van der Waals surface area contributed by atoms with Gasteiger partial charge < -0.3 is 10.2 Å². The maximum atomic E-state index is 12.0. The van der Waals surface area contributed by atoms with Crippen LogP contribution in [0.3, 0.4) is 0 Å². The van der Waals surface area contributed by atoms with Gasteiger partial charge in [0, 0.05) is 24.8 Å². The molecule has 0 saturated carbocycles. The number of anilines is 1. The first-order chi connectivity index (χ1) is 9.92. The summed E-state index contributed by atoms with van der Waals surface area (Å²) in [7, 11) is 3.42. The minimum atomic E-state index is -0.141. The van der Waals surface area contributed by atoms with Gasteiger partial charge in [0.1, 0.15) is 0 Å². The first kappa shape index (κ1) is 17.5. The first-order valence-corrected chi connectivity index (χ1v) is 7.28. The maximum Gasteiger partial charge on any atom is 0.238 e. The van der Waals surface area contributed by atoms with Crippen LogP contribution in [0.4, 0.5) is 5.69 Å². The van der Waals surface area contributed by atoms with Crippen LogP contribution in [0.15, 0.2) is 24.3 Å². The van der Waals surface area contributed by atoms with E-state index in [1.165, 1.54) is 4.90 Å². The number of benzene rings is 1. The van der Waals surface area contributed by atoms with Gasteiger partial charge in [-0.2, -0.15) is 0 Å². The molecule has 2 amide bonds. The van der Waals surface area contributed by atoms with E-state index in [4.69, 9.17) is 11.6 Å². The number of hydrogen-bond acceptors (Lipinski definition) is 3. The van der Waals surface area contributed by atoms with E-state index in [1.807, 2.05) is 11.8 Å². The molecule has 0 aliphatic carbocycles. The lowest BCUT2D eigenvalue weighted by Gasteiger charge is -2.22. The van der Waals surface area contributed by atoms with Crippen LogP contribution in [0.5, 0.6) is 0 Å². The molecule has 0 spiro atoms. The average Bonchev–Trinajstić information content (AvgIpc) is 2.41. The quantitative estimate of drug-likeness (QED) is 0.839. The van der Waals surface area contributed by atoms with Gasteiger partial charge in [0.05, 0.1) is 13.1 Å². The average molecular weight is 312 g/mol. The Morgan fingerprint density at radius 2 is 1.76 bits per heavy atom. The number of hydrogen-bond donors (Lipinski definition) is 1. The van der Waals surface area contributed by atoms with Crippen LogP contribution in [-0.2, 0) is 9.59 Å². The molecule has 0 aromatic heterocycles. The second-order valence-electron chi connectivity index (χ2n) is 5.05. The predicted molar refractivity (Wildman–Crippen MR) is 85.5 cm³/mol. The molecule has 5 nitrogen and oxygen atoms in total. The smallest absolute Gasteiger partial charge is 0.238 e. The summed E-state index contributed by atoms with van der Waals surface area (Å²) in [6, 6.07) is 6.93. The topological polar surface area (TPSA) is 52.7 Å². The molecule has 0 saturated heterocycles. The predicted octanol–water partition coefficient (Wildman–Crippen LogP) is 2.08. The van der Waals surface area contributed by atoms with E-state index in [1.54, 1.807) is 38.4 Å². The summed E-state index contributed by atoms with van der Waals surface area (Å²) >= 11 is 5.80. The molecule has 0 unspecified atom stereocenters. The number of rotatable bonds is 7. The van der Waals surface area contributed by atoms with Crippen molar-refractivity contribution in [3.05, 3.63) is 29.3 Å². The SMILES string of the molecule is CCCN(CC(=O)Nc1ccc(Cl)cc1)CC(=O)N(C)C. The first-order valence-electron chi connectivity index (χ1n) is 6.90. The number of nitrogens with one attached hydrogen (secondary N) is 1. The number of halogens is 1. The highest BCUT2D eigenvalue weighted by Gasteiger charge is 2.15. The molecule has 1 aromatic rings. The number of nitrogens with zero attached hydrogens (tertiary/aromatic N) is 2. The zero-order valence-corrected chi connectivity index (χ0v) is 13.5. The summed E-state index contributed by atoms with van der Waals surface area (Å²) in [6.45, 7) is 3.16. The fourth-order valence-corrected chi connectivity index (χ4v) is 1.93. The molecule has 6 heteroatoms. The van der Waals surface area contributed by atoms with Crippen LogP contribution in [0.25, 0.3) is 0 Å². The van der Waals surface area contributed by atoms with Crippen molar-refractivity contribution in [1.82, 2.24) is 9.80 Å². The van der Waals surface area contributed by atoms with E-state index in [-0.39, 0.29) is 24.9 Å². The van der Waals surface area contributed by atoms with Gasteiger partial charge in [0.2, 0.25) is 11.8 Å². The number of carbonyl (C=O) groups excluding carboxylic acids is 2. The normalized spacial score (nSPS) is 10.5. The van der Waals surface area contributed by atoms with Crippen molar-refractivity contribution in [2.24, 2.45) is 0 Å². The summed E-state index contributed by atoms with van der Waals surface area (Å²) in [4.78, 5) is 27.1. The summed E-state index contributed by atoms with van der Waals surface area (Å²) in [5, 5.41) is 3.42. The molecule has 1 N–H and O–H groups in total. The fraction of sp³-hybridized carbons (Fsp3) is 0.467. The molecule has 21 heavy (non-hydrogen) atoms. The van der Waals surface area contributed by atoms with E-state index in [0.717, 1.165) is 6.42 Å². The molecular weight excluding hydrogens is 290 g/mol. The third-order valence-corrected chi connectivity index (χ3v) is 3.14. The molecule has 116 valence electrons. The highest BCUT2D eigenvalue weighted by atomic mass is 35.5. The van der Waals surface area contributed by atoms with Gasteiger partial charge in [-0.1, -0.05) is 18.5 Å². The maximum absolute atomic E-state index is 12.0. The van der Waals surface area contributed by atoms with Crippen molar-refractivity contribution in [1.29, 1.82) is 0 Å². The molecule has 0 heterocycles. The van der Waals surface area contributed by atoms with Crippen molar-refractivity contribution < 1.29 is 9.59 Å². The Labute approximate surface area is 130 Å². The van der Waals surface area contributed by atoms with E-state index in [0.29, 0.717) is 17.3 Å². The Morgan fingerprint density at radius 1 is 1.14 bits per heavy atom. The standard InChI is InChI=1S/C15H22ClN3O2/c1-4-9-19(11-15(21)18(2)3)10-14(20)17-13-7-5-12(16)6-8-13/h5-8H,4,9-11H2,1-3H3,(H,17,20). The van der Waals surface area contributed by atoms with Crippen LogP contribution >= 0.6 is 11.6 Å². The Morgan fingerprint density at radius 3 is 2.29 bits per heavy atom. The summed E-state index contributed by atoms with van der Waals surface area (Å²) in [5.41, 5.74) is 0.694. The molecule has 0 aliphatic rings. The van der Waals surface area contributed by atoms with Crippen LogP contribution in [0, 0.1) is 0 Å². The van der Waals surface area contributed by atoms with Gasteiger partial charge in [0.15, 0.2) is 0 Å². The zero-order valence-electron chi connectivity index (χ0n) is 12.7. The molecule has 0 aliphatic heterocycles. The molecule has 1 aromatic carbocycles. The molecule has 0 radical (unpaired) electrons. The monoisotopic (exact) mass is 311 g/mol. The number of likely N-dealkylation sites (N-methyl/N-ethyl adjacent to an activating group) is 1. The largest absolute Gasteiger partial charge is 0.348 e. The van der Waals surface area contributed by atoms with Crippen molar-refractivity contribution in [3.63, 3.8) is 0 Å². The lowest BCUT2D eigenvalue weighted by molar-refractivity contribution is -0.130. The van der Waals surface area contributed by atoms with Gasteiger partial charge in [-0.15, -0.1) is 0 Å². The Hall–Kier alpha value is -1.59. The highest BCUT2D eigenvalue weighted by molar-refractivity contribution is 6.30. The lowest BCUT2D eigenvalue weighted by atomic mass is 10.3. The van der Waals surface area contributed by atoms with E-state index in [2.05, 4.69) is 5.32 Å². The molecular formula is C15H22ClN3O2. The fourth-order valence-electron chi connectivity index (χ4n) is 1.80. The van der Waals surface area contributed by atoms with E-state index in [9.17, 15) is 9.59 Å². The van der Waals surface area contributed by atoms with Gasteiger partial charge in [-0.05, 0) is 37.2 Å². The van der Waals surface area contributed by atoms with Gasteiger partial charge >= 0.3 is 0 Å². The van der Waals surface area contributed by atoms with E-state index >= 15 is 0 Å².